The Morgan fingerprint density at radius 3 is 2.68 bits per heavy atom. The second-order valence-corrected chi connectivity index (χ2v) is 9.05. The van der Waals surface area contributed by atoms with Crippen molar-refractivity contribution in [3.05, 3.63) is 70.2 Å². The average Bonchev–Trinajstić information content (AvgIpc) is 3.23. The summed E-state index contributed by atoms with van der Waals surface area (Å²) in [6, 6.07) is 12.5. The lowest BCUT2D eigenvalue weighted by molar-refractivity contribution is 0.117. The minimum absolute atomic E-state index is 0.00854. The van der Waals surface area contributed by atoms with Crippen LogP contribution in [0, 0.1) is 5.82 Å². The molecule has 0 aliphatic carbocycles. The Morgan fingerprint density at radius 2 is 1.90 bits per heavy atom. The van der Waals surface area contributed by atoms with Gasteiger partial charge in [0.25, 0.3) is 0 Å². The number of hydrogen-bond donors (Lipinski definition) is 2. The lowest BCUT2D eigenvalue weighted by Crippen LogP contribution is -2.50. The molecule has 8 heteroatoms. The molecular formula is C23H23BrFN5O. The van der Waals surface area contributed by atoms with Gasteiger partial charge in [0.05, 0.1) is 0 Å². The van der Waals surface area contributed by atoms with Gasteiger partial charge in [0.1, 0.15) is 11.6 Å². The molecule has 31 heavy (non-hydrogen) atoms. The monoisotopic (exact) mass is 483 g/mol. The average molecular weight is 484 g/mol. The molecule has 1 fully saturated rings. The number of halogens is 2. The van der Waals surface area contributed by atoms with Crippen molar-refractivity contribution >= 4 is 27.6 Å². The molecule has 3 heterocycles. The minimum atomic E-state index is -0.253. The third kappa shape index (κ3) is 4.36. The summed E-state index contributed by atoms with van der Waals surface area (Å²) in [5, 5.41) is 3.02. The number of aromatic nitrogens is 2. The second-order valence-electron chi connectivity index (χ2n) is 8.13. The van der Waals surface area contributed by atoms with E-state index in [9.17, 15) is 9.18 Å². The molecule has 0 atom stereocenters. The first-order valence-corrected chi connectivity index (χ1v) is 11.2. The lowest BCUT2D eigenvalue weighted by Gasteiger charge is -2.40. The smallest absolute Gasteiger partial charge is 0.322 e. The number of carbonyl (C=O) groups excluding carboxylic acids is 1. The molecule has 2 aliphatic rings. The van der Waals surface area contributed by atoms with E-state index in [4.69, 9.17) is 0 Å². The van der Waals surface area contributed by atoms with Crippen LogP contribution < -0.4 is 5.32 Å². The number of nitrogens with zero attached hydrogens (tertiary/aromatic N) is 3. The van der Waals surface area contributed by atoms with E-state index in [2.05, 4.69) is 42.2 Å². The zero-order valence-corrected chi connectivity index (χ0v) is 18.5. The fourth-order valence-electron chi connectivity index (χ4n) is 4.38. The van der Waals surface area contributed by atoms with Gasteiger partial charge in [-0.3, -0.25) is 4.90 Å². The topological polar surface area (TPSA) is 64.3 Å². The van der Waals surface area contributed by atoms with Crippen molar-refractivity contribution in [3.8, 4) is 11.4 Å². The van der Waals surface area contributed by atoms with Crippen molar-refractivity contribution in [3.63, 3.8) is 0 Å². The van der Waals surface area contributed by atoms with Crippen LogP contribution in [0.2, 0.25) is 0 Å². The molecule has 1 aromatic heterocycles. The number of H-pyrrole nitrogens is 1. The van der Waals surface area contributed by atoms with Crippen LogP contribution in [0.4, 0.5) is 14.9 Å². The number of urea groups is 1. The summed E-state index contributed by atoms with van der Waals surface area (Å²) in [6.07, 6.45) is 3.73. The Labute approximate surface area is 188 Å². The normalized spacial score (nSPS) is 17.5. The summed E-state index contributed by atoms with van der Waals surface area (Å²) in [5.74, 6) is 0.497. The fraction of sp³-hybridized carbons (Fsp3) is 0.304. The van der Waals surface area contributed by atoms with Gasteiger partial charge in [-0.15, -0.1) is 0 Å². The zero-order valence-electron chi connectivity index (χ0n) is 16.9. The van der Waals surface area contributed by atoms with Crippen molar-refractivity contribution in [2.45, 2.75) is 32.0 Å². The quantitative estimate of drug-likeness (QED) is 0.549. The zero-order chi connectivity index (χ0) is 21.4. The van der Waals surface area contributed by atoms with Crippen molar-refractivity contribution in [2.24, 2.45) is 0 Å². The molecular weight excluding hydrogens is 461 g/mol. The standard InChI is InChI=1S/C23H23BrFN5O/c24-17-3-6-21-16(11-17)13-30(23(31)28-21)20-7-9-29(10-8-20)14-19-12-26-22(27-19)15-1-4-18(25)5-2-15/h1-6,11-12,20H,7-10,13-14H2,(H,26,27)(H,28,31). The Bertz CT molecular complexity index is 1090. The Hall–Kier alpha value is -2.71. The fourth-order valence-corrected chi connectivity index (χ4v) is 4.78. The van der Waals surface area contributed by atoms with Crippen molar-refractivity contribution in [1.82, 2.24) is 19.8 Å². The highest BCUT2D eigenvalue weighted by atomic mass is 79.9. The summed E-state index contributed by atoms with van der Waals surface area (Å²) in [4.78, 5) is 24.8. The van der Waals surface area contributed by atoms with Crippen LogP contribution >= 0.6 is 15.9 Å². The highest BCUT2D eigenvalue weighted by Gasteiger charge is 2.31. The maximum Gasteiger partial charge on any atom is 0.322 e. The molecule has 0 unspecified atom stereocenters. The van der Waals surface area contributed by atoms with Crippen LogP contribution in [-0.2, 0) is 13.1 Å². The highest BCUT2D eigenvalue weighted by Crippen LogP contribution is 2.30. The number of piperidine rings is 1. The molecule has 2 aromatic carbocycles. The first-order chi connectivity index (χ1) is 15.0. The lowest BCUT2D eigenvalue weighted by atomic mass is 10.0. The molecule has 6 nitrogen and oxygen atoms in total. The summed E-state index contributed by atoms with van der Waals surface area (Å²) >= 11 is 3.52. The molecule has 0 bridgehead atoms. The number of carbonyl (C=O) groups is 1. The number of hydrogen-bond acceptors (Lipinski definition) is 3. The number of nitrogens with one attached hydrogen (secondary N) is 2. The van der Waals surface area contributed by atoms with E-state index in [0.717, 1.165) is 65.3 Å². The molecule has 1 saturated heterocycles. The summed E-state index contributed by atoms with van der Waals surface area (Å²) < 4.78 is 14.2. The number of likely N-dealkylation sites (tertiary alicyclic amines) is 1. The molecule has 5 rings (SSSR count). The number of aromatic amines is 1. The van der Waals surface area contributed by atoms with Crippen LogP contribution in [-0.4, -0.2) is 44.9 Å². The van der Waals surface area contributed by atoms with Gasteiger partial charge >= 0.3 is 6.03 Å². The van der Waals surface area contributed by atoms with Crippen molar-refractivity contribution in [2.75, 3.05) is 18.4 Å². The number of fused-ring (bicyclic) bond motifs is 1. The number of anilines is 1. The first kappa shape index (κ1) is 20.2. The number of rotatable bonds is 4. The molecule has 0 saturated carbocycles. The summed E-state index contributed by atoms with van der Waals surface area (Å²) in [6.45, 7) is 3.27. The van der Waals surface area contributed by atoms with Crippen LogP contribution in [0.25, 0.3) is 11.4 Å². The predicted octanol–water partition coefficient (Wildman–Crippen LogP) is 4.99. The van der Waals surface area contributed by atoms with E-state index in [1.807, 2.05) is 23.2 Å². The number of benzene rings is 2. The maximum atomic E-state index is 13.1. The van der Waals surface area contributed by atoms with Gasteiger partial charge in [-0.05, 0) is 60.9 Å². The van der Waals surface area contributed by atoms with Crippen molar-refractivity contribution < 1.29 is 9.18 Å². The van der Waals surface area contributed by atoms with Gasteiger partial charge in [-0.1, -0.05) is 15.9 Å². The van der Waals surface area contributed by atoms with E-state index in [1.165, 1.54) is 12.1 Å². The van der Waals surface area contributed by atoms with Gasteiger partial charge < -0.3 is 15.2 Å². The Kier molecular flexibility index (Phi) is 5.50. The highest BCUT2D eigenvalue weighted by molar-refractivity contribution is 9.10. The Balaban J connectivity index is 1.18. The van der Waals surface area contributed by atoms with Gasteiger partial charge in [0.15, 0.2) is 0 Å². The van der Waals surface area contributed by atoms with E-state index < -0.39 is 0 Å². The van der Waals surface area contributed by atoms with E-state index >= 15 is 0 Å². The van der Waals surface area contributed by atoms with Crippen LogP contribution in [0.1, 0.15) is 24.1 Å². The first-order valence-electron chi connectivity index (χ1n) is 10.4. The SMILES string of the molecule is O=C1Nc2ccc(Br)cc2CN1C1CCN(Cc2cnc(-c3ccc(F)cc3)[nH]2)CC1. The van der Waals surface area contributed by atoms with Crippen molar-refractivity contribution in [1.29, 1.82) is 0 Å². The molecule has 2 N–H and O–H groups in total. The molecule has 0 spiro atoms. The summed E-state index contributed by atoms with van der Waals surface area (Å²) in [5.41, 5.74) is 3.95. The largest absolute Gasteiger partial charge is 0.341 e. The molecule has 2 aliphatic heterocycles. The number of amides is 2. The van der Waals surface area contributed by atoms with Gasteiger partial charge in [-0.25, -0.2) is 14.2 Å². The van der Waals surface area contributed by atoms with Gasteiger partial charge in [0.2, 0.25) is 0 Å². The van der Waals surface area contributed by atoms with E-state index in [0.29, 0.717) is 6.54 Å². The second kappa shape index (κ2) is 8.43. The van der Waals surface area contributed by atoms with Crippen LogP contribution in [0.3, 0.4) is 0 Å². The van der Waals surface area contributed by atoms with Gasteiger partial charge in [0, 0.05) is 59.8 Å². The maximum absolute atomic E-state index is 13.1. The van der Waals surface area contributed by atoms with E-state index in [-0.39, 0.29) is 17.9 Å². The number of imidazole rings is 1. The predicted molar refractivity (Wildman–Crippen MR) is 121 cm³/mol. The molecule has 3 aromatic rings. The molecule has 0 radical (unpaired) electrons. The summed E-state index contributed by atoms with van der Waals surface area (Å²) in [7, 11) is 0. The third-order valence-corrected chi connectivity index (χ3v) is 6.54. The molecule has 160 valence electrons. The van der Waals surface area contributed by atoms with Gasteiger partial charge in [-0.2, -0.15) is 0 Å². The third-order valence-electron chi connectivity index (χ3n) is 6.05. The van der Waals surface area contributed by atoms with E-state index in [1.54, 1.807) is 12.1 Å². The van der Waals surface area contributed by atoms with Crippen LogP contribution in [0.15, 0.2) is 53.1 Å². The minimum Gasteiger partial charge on any atom is -0.341 e. The van der Waals surface area contributed by atoms with Crippen LogP contribution in [0.5, 0.6) is 0 Å². The molecule has 2 amide bonds. The Morgan fingerprint density at radius 1 is 1.13 bits per heavy atom.